The van der Waals surface area contributed by atoms with E-state index in [0.29, 0.717) is 12.5 Å². The molecule has 2 heteroatoms. The van der Waals surface area contributed by atoms with E-state index in [0.717, 1.165) is 19.4 Å². The molecule has 1 nitrogen and oxygen atoms in total. The van der Waals surface area contributed by atoms with E-state index in [1.54, 1.807) is 0 Å². The summed E-state index contributed by atoms with van der Waals surface area (Å²) >= 11 is 0. The average molecular weight is 145 g/mol. The van der Waals surface area contributed by atoms with Crippen molar-refractivity contribution in [3.05, 3.63) is 0 Å². The molecule has 1 aliphatic rings. The lowest BCUT2D eigenvalue weighted by atomic mass is 9.93. The third-order valence-corrected chi connectivity index (χ3v) is 2.40. The third-order valence-electron chi connectivity index (χ3n) is 2.40. The number of hydrogen-bond acceptors (Lipinski definition) is 1. The van der Waals surface area contributed by atoms with E-state index in [-0.39, 0.29) is 0 Å². The van der Waals surface area contributed by atoms with Gasteiger partial charge in [0.25, 0.3) is 0 Å². The number of nitrogens with zero attached hydrogens (tertiary/aromatic N) is 1. The fourth-order valence-electron chi connectivity index (χ4n) is 1.57. The molecule has 0 aliphatic carbocycles. The van der Waals surface area contributed by atoms with Gasteiger partial charge in [-0.15, -0.1) is 0 Å². The quantitative estimate of drug-likeness (QED) is 0.542. The molecule has 0 N–H and O–H groups in total. The number of alkyl halides is 1. The van der Waals surface area contributed by atoms with Crippen molar-refractivity contribution in [2.24, 2.45) is 5.92 Å². The van der Waals surface area contributed by atoms with Crippen LogP contribution >= 0.6 is 0 Å². The first-order valence-electron chi connectivity index (χ1n) is 4.06. The zero-order chi connectivity index (χ0) is 7.56. The average Bonchev–Trinajstić information content (AvgIpc) is 1.88. The summed E-state index contributed by atoms with van der Waals surface area (Å²) in [5.41, 5.74) is 0. The molecular weight excluding hydrogens is 129 g/mol. The first-order valence-corrected chi connectivity index (χ1v) is 4.06. The number of rotatable bonds is 1. The number of hydrogen-bond donors (Lipinski definition) is 0. The van der Waals surface area contributed by atoms with Gasteiger partial charge in [-0.3, -0.25) is 0 Å². The molecule has 1 aliphatic heterocycles. The van der Waals surface area contributed by atoms with Gasteiger partial charge in [0, 0.05) is 6.54 Å². The van der Waals surface area contributed by atoms with Crippen LogP contribution in [0.1, 0.15) is 19.8 Å². The fourth-order valence-corrected chi connectivity index (χ4v) is 1.57. The zero-order valence-corrected chi connectivity index (χ0v) is 6.81. The SMILES string of the molecule is CC[C@H]1CCN(C)C[C@H]1F. The van der Waals surface area contributed by atoms with Crippen molar-refractivity contribution in [2.75, 3.05) is 20.1 Å². The first-order chi connectivity index (χ1) is 4.74. The van der Waals surface area contributed by atoms with Crippen molar-refractivity contribution in [3.8, 4) is 0 Å². The Bertz CT molecular complexity index is 105. The van der Waals surface area contributed by atoms with Crippen LogP contribution in [0.25, 0.3) is 0 Å². The molecule has 0 amide bonds. The van der Waals surface area contributed by atoms with Gasteiger partial charge in [-0.1, -0.05) is 13.3 Å². The molecule has 1 saturated heterocycles. The van der Waals surface area contributed by atoms with Gasteiger partial charge in [0.15, 0.2) is 0 Å². The molecule has 0 aromatic heterocycles. The highest BCUT2D eigenvalue weighted by molar-refractivity contribution is 4.77. The molecule has 0 aromatic carbocycles. The lowest BCUT2D eigenvalue weighted by Crippen LogP contribution is -2.39. The molecule has 0 radical (unpaired) electrons. The van der Waals surface area contributed by atoms with E-state index in [1.165, 1.54) is 0 Å². The fraction of sp³-hybridized carbons (Fsp3) is 1.00. The van der Waals surface area contributed by atoms with E-state index in [4.69, 9.17) is 0 Å². The van der Waals surface area contributed by atoms with E-state index in [1.807, 2.05) is 7.05 Å². The summed E-state index contributed by atoms with van der Waals surface area (Å²) in [6.45, 7) is 3.78. The van der Waals surface area contributed by atoms with Crippen LogP contribution in [0.3, 0.4) is 0 Å². The van der Waals surface area contributed by atoms with Crippen molar-refractivity contribution in [1.82, 2.24) is 4.90 Å². The van der Waals surface area contributed by atoms with E-state index in [2.05, 4.69) is 11.8 Å². The largest absolute Gasteiger partial charge is 0.303 e. The maximum Gasteiger partial charge on any atom is 0.116 e. The minimum atomic E-state index is -0.580. The van der Waals surface area contributed by atoms with Crippen molar-refractivity contribution >= 4 is 0 Å². The predicted octanol–water partition coefficient (Wildman–Crippen LogP) is 1.69. The summed E-state index contributed by atoms with van der Waals surface area (Å²) in [6.07, 6.45) is 1.45. The summed E-state index contributed by atoms with van der Waals surface area (Å²) < 4.78 is 13.1. The normalized spacial score (nSPS) is 36.3. The monoisotopic (exact) mass is 145 g/mol. The molecule has 1 heterocycles. The van der Waals surface area contributed by atoms with Gasteiger partial charge in [0.05, 0.1) is 0 Å². The smallest absolute Gasteiger partial charge is 0.116 e. The van der Waals surface area contributed by atoms with Crippen molar-refractivity contribution < 1.29 is 4.39 Å². The van der Waals surface area contributed by atoms with Crippen LogP contribution in [0, 0.1) is 5.92 Å². The Balaban J connectivity index is 2.36. The summed E-state index contributed by atoms with van der Waals surface area (Å²) in [7, 11) is 1.98. The highest BCUT2D eigenvalue weighted by Crippen LogP contribution is 2.21. The Labute approximate surface area is 62.2 Å². The van der Waals surface area contributed by atoms with Crippen LogP contribution in [0.2, 0.25) is 0 Å². The van der Waals surface area contributed by atoms with E-state index >= 15 is 0 Å². The van der Waals surface area contributed by atoms with Crippen molar-refractivity contribution in [1.29, 1.82) is 0 Å². The highest BCUT2D eigenvalue weighted by Gasteiger charge is 2.25. The first kappa shape index (κ1) is 7.99. The van der Waals surface area contributed by atoms with Gasteiger partial charge in [-0.2, -0.15) is 0 Å². The third kappa shape index (κ3) is 1.69. The Hall–Kier alpha value is -0.110. The second-order valence-electron chi connectivity index (χ2n) is 3.24. The standard InChI is InChI=1S/C8H16FN/c1-3-7-4-5-10(2)6-8(7)9/h7-8H,3-6H2,1-2H3/t7-,8+/m0/s1. The Morgan fingerprint density at radius 2 is 2.30 bits per heavy atom. The summed E-state index contributed by atoms with van der Waals surface area (Å²) in [6, 6.07) is 0. The second-order valence-corrected chi connectivity index (χ2v) is 3.24. The Morgan fingerprint density at radius 3 is 2.80 bits per heavy atom. The molecule has 1 rings (SSSR count). The topological polar surface area (TPSA) is 3.24 Å². The molecule has 60 valence electrons. The van der Waals surface area contributed by atoms with Gasteiger partial charge in [-0.05, 0) is 25.9 Å². The zero-order valence-electron chi connectivity index (χ0n) is 6.81. The molecule has 0 unspecified atom stereocenters. The van der Waals surface area contributed by atoms with Gasteiger partial charge in [0.2, 0.25) is 0 Å². The predicted molar refractivity (Wildman–Crippen MR) is 40.8 cm³/mol. The van der Waals surface area contributed by atoms with E-state index < -0.39 is 6.17 Å². The molecule has 0 aromatic rings. The maximum atomic E-state index is 13.1. The lowest BCUT2D eigenvalue weighted by molar-refractivity contribution is 0.100. The minimum Gasteiger partial charge on any atom is -0.303 e. The molecule has 0 bridgehead atoms. The van der Waals surface area contributed by atoms with Crippen LogP contribution in [0.15, 0.2) is 0 Å². The van der Waals surface area contributed by atoms with Gasteiger partial charge in [0.1, 0.15) is 6.17 Å². The van der Waals surface area contributed by atoms with Crippen LogP contribution in [0.4, 0.5) is 4.39 Å². The van der Waals surface area contributed by atoms with E-state index in [9.17, 15) is 4.39 Å². The molecule has 2 atom stereocenters. The maximum absolute atomic E-state index is 13.1. The number of likely N-dealkylation sites (tertiary alicyclic amines) is 1. The second kappa shape index (κ2) is 3.33. The summed E-state index contributed by atoms with van der Waals surface area (Å²) in [4.78, 5) is 2.07. The van der Waals surface area contributed by atoms with Gasteiger partial charge >= 0.3 is 0 Å². The number of halogens is 1. The van der Waals surface area contributed by atoms with Crippen molar-refractivity contribution in [2.45, 2.75) is 25.9 Å². The molecule has 10 heavy (non-hydrogen) atoms. The van der Waals surface area contributed by atoms with Crippen LogP contribution in [-0.2, 0) is 0 Å². The van der Waals surface area contributed by atoms with Crippen LogP contribution in [0.5, 0.6) is 0 Å². The molecule has 1 fully saturated rings. The van der Waals surface area contributed by atoms with Crippen LogP contribution < -0.4 is 0 Å². The lowest BCUT2D eigenvalue weighted by Gasteiger charge is -2.31. The molecular formula is C8H16FN. The van der Waals surface area contributed by atoms with Crippen molar-refractivity contribution in [3.63, 3.8) is 0 Å². The van der Waals surface area contributed by atoms with Crippen LogP contribution in [-0.4, -0.2) is 31.2 Å². The summed E-state index contributed by atoms with van der Waals surface area (Å²) in [5.74, 6) is 0.330. The Kier molecular flexibility index (Phi) is 2.66. The Morgan fingerprint density at radius 1 is 1.60 bits per heavy atom. The molecule has 0 saturated carbocycles. The summed E-state index contributed by atoms with van der Waals surface area (Å²) in [5, 5.41) is 0. The van der Waals surface area contributed by atoms with Gasteiger partial charge < -0.3 is 4.90 Å². The van der Waals surface area contributed by atoms with Gasteiger partial charge in [-0.25, -0.2) is 4.39 Å². The highest BCUT2D eigenvalue weighted by atomic mass is 19.1. The minimum absolute atomic E-state index is 0.330. The molecule has 0 spiro atoms. The number of piperidine rings is 1.